The van der Waals surface area contributed by atoms with Gasteiger partial charge in [-0.15, -0.1) is 0 Å². The summed E-state index contributed by atoms with van der Waals surface area (Å²) < 4.78 is 2.67. The second-order valence-corrected chi connectivity index (χ2v) is 5.74. The van der Waals surface area contributed by atoms with E-state index in [2.05, 4.69) is 44.5 Å². The normalized spacial score (nSPS) is 12.9. The average molecular weight is 315 g/mol. The lowest BCUT2D eigenvalue weighted by atomic mass is 10.2. The summed E-state index contributed by atoms with van der Waals surface area (Å²) in [5, 5.41) is 7.56. The lowest BCUT2D eigenvalue weighted by Crippen LogP contribution is -2.17. The Bertz CT molecular complexity index is 499. The highest BCUT2D eigenvalue weighted by atomic mass is 79.9. The van der Waals surface area contributed by atoms with E-state index < -0.39 is 0 Å². The van der Waals surface area contributed by atoms with E-state index in [4.69, 9.17) is 0 Å². The van der Waals surface area contributed by atoms with Crippen LogP contribution >= 0.6 is 27.7 Å². The predicted octanol–water partition coefficient (Wildman–Crippen LogP) is 3.05. The molecule has 0 amide bonds. The number of rotatable bonds is 5. The Morgan fingerprint density at radius 2 is 2.41 bits per heavy atom. The summed E-state index contributed by atoms with van der Waals surface area (Å²) in [6.45, 7) is 2.17. The second-order valence-electron chi connectivity index (χ2n) is 3.90. The minimum Gasteiger partial charge on any atom is -0.367 e. The van der Waals surface area contributed by atoms with Crippen molar-refractivity contribution in [1.29, 1.82) is 0 Å². The highest BCUT2D eigenvalue weighted by Crippen LogP contribution is 2.17. The second kappa shape index (κ2) is 5.73. The molecule has 1 N–H and O–H groups in total. The van der Waals surface area contributed by atoms with Crippen LogP contribution < -0.4 is 5.32 Å². The van der Waals surface area contributed by atoms with E-state index in [1.165, 1.54) is 0 Å². The molecule has 1 atom stereocenters. The van der Waals surface area contributed by atoms with E-state index in [1.54, 1.807) is 10.7 Å². The SMILES string of the molecule is CSCCC(C)Nc1ccn2ncc(Br)c2n1. The maximum absolute atomic E-state index is 4.52. The molecule has 2 aromatic heterocycles. The molecule has 17 heavy (non-hydrogen) atoms. The zero-order valence-corrected chi connectivity index (χ0v) is 12.3. The lowest BCUT2D eigenvalue weighted by molar-refractivity contribution is 0.766. The summed E-state index contributed by atoms with van der Waals surface area (Å²) in [5.41, 5.74) is 0.840. The van der Waals surface area contributed by atoms with Crippen LogP contribution in [0, 0.1) is 0 Å². The standard InChI is InChI=1S/C11H15BrN4S/c1-8(4-6-17-2)14-10-3-5-16-11(15-10)9(12)7-13-16/h3,5,7-8H,4,6H2,1-2H3,(H,14,15). The quantitative estimate of drug-likeness (QED) is 0.921. The smallest absolute Gasteiger partial charge is 0.171 e. The number of thioether (sulfide) groups is 1. The van der Waals surface area contributed by atoms with Gasteiger partial charge in [0, 0.05) is 12.2 Å². The van der Waals surface area contributed by atoms with E-state index in [0.29, 0.717) is 6.04 Å². The molecule has 6 heteroatoms. The molecule has 1 unspecified atom stereocenters. The topological polar surface area (TPSA) is 42.2 Å². The van der Waals surface area contributed by atoms with Gasteiger partial charge in [-0.1, -0.05) is 0 Å². The van der Waals surface area contributed by atoms with Crippen molar-refractivity contribution in [3.63, 3.8) is 0 Å². The van der Waals surface area contributed by atoms with Crippen molar-refractivity contribution in [2.45, 2.75) is 19.4 Å². The van der Waals surface area contributed by atoms with E-state index >= 15 is 0 Å². The van der Waals surface area contributed by atoms with E-state index in [1.807, 2.05) is 24.0 Å². The van der Waals surface area contributed by atoms with Gasteiger partial charge in [0.25, 0.3) is 0 Å². The number of hydrogen-bond acceptors (Lipinski definition) is 4. The Morgan fingerprint density at radius 1 is 1.59 bits per heavy atom. The van der Waals surface area contributed by atoms with Gasteiger partial charge in [-0.2, -0.15) is 16.9 Å². The van der Waals surface area contributed by atoms with Crippen LogP contribution in [0.5, 0.6) is 0 Å². The van der Waals surface area contributed by atoms with Crippen molar-refractivity contribution in [1.82, 2.24) is 14.6 Å². The maximum atomic E-state index is 4.52. The van der Waals surface area contributed by atoms with Crippen LogP contribution in [0.1, 0.15) is 13.3 Å². The molecule has 0 saturated carbocycles. The molecule has 2 rings (SSSR count). The Hall–Kier alpha value is -0.750. The summed E-state index contributed by atoms with van der Waals surface area (Å²) in [4.78, 5) is 4.52. The van der Waals surface area contributed by atoms with Crippen LogP contribution in [0.4, 0.5) is 5.82 Å². The van der Waals surface area contributed by atoms with Crippen LogP contribution in [0.2, 0.25) is 0 Å². The summed E-state index contributed by atoms with van der Waals surface area (Å²) in [6, 6.07) is 2.38. The maximum Gasteiger partial charge on any atom is 0.171 e. The zero-order chi connectivity index (χ0) is 12.3. The van der Waals surface area contributed by atoms with Gasteiger partial charge >= 0.3 is 0 Å². The van der Waals surface area contributed by atoms with Crippen molar-refractivity contribution < 1.29 is 0 Å². The first kappa shape index (κ1) is 12.7. The van der Waals surface area contributed by atoms with E-state index in [9.17, 15) is 0 Å². The zero-order valence-electron chi connectivity index (χ0n) is 9.85. The van der Waals surface area contributed by atoms with Crippen LogP contribution in [0.15, 0.2) is 22.9 Å². The van der Waals surface area contributed by atoms with Gasteiger partial charge in [0.15, 0.2) is 5.65 Å². The van der Waals surface area contributed by atoms with Gasteiger partial charge < -0.3 is 5.32 Å². The Labute approximate surface area is 113 Å². The molecule has 2 heterocycles. The average Bonchev–Trinajstić information content (AvgIpc) is 2.68. The van der Waals surface area contributed by atoms with Gasteiger partial charge in [-0.25, -0.2) is 9.50 Å². The van der Waals surface area contributed by atoms with Crippen LogP contribution in [-0.4, -0.2) is 32.6 Å². The number of hydrogen-bond donors (Lipinski definition) is 1. The molecule has 2 aromatic rings. The molecule has 0 bridgehead atoms. The number of aromatic nitrogens is 3. The largest absolute Gasteiger partial charge is 0.367 e. The first-order valence-corrected chi connectivity index (χ1v) is 7.64. The first-order chi connectivity index (χ1) is 8.20. The van der Waals surface area contributed by atoms with Gasteiger partial charge in [0.05, 0.1) is 10.7 Å². The number of anilines is 1. The summed E-state index contributed by atoms with van der Waals surface area (Å²) in [5.74, 6) is 2.06. The van der Waals surface area contributed by atoms with Crippen LogP contribution in [0.3, 0.4) is 0 Å². The van der Waals surface area contributed by atoms with Crippen molar-refractivity contribution >= 4 is 39.2 Å². The van der Waals surface area contributed by atoms with Gasteiger partial charge in [0.2, 0.25) is 0 Å². The fourth-order valence-electron chi connectivity index (χ4n) is 1.54. The fourth-order valence-corrected chi connectivity index (χ4v) is 2.49. The Balaban J connectivity index is 2.10. The molecule has 4 nitrogen and oxygen atoms in total. The molecule has 0 spiro atoms. The number of nitrogens with one attached hydrogen (secondary N) is 1. The molecule has 0 aliphatic carbocycles. The molecule has 0 aromatic carbocycles. The number of halogens is 1. The summed E-state index contributed by atoms with van der Waals surface area (Å²) in [6.07, 6.45) is 6.93. The van der Waals surface area contributed by atoms with Crippen molar-refractivity contribution in [2.24, 2.45) is 0 Å². The van der Waals surface area contributed by atoms with Gasteiger partial charge in [0.1, 0.15) is 5.82 Å². The molecule has 0 aliphatic heterocycles. The number of nitrogens with zero attached hydrogens (tertiary/aromatic N) is 3. The Kier molecular flexibility index (Phi) is 4.28. The first-order valence-electron chi connectivity index (χ1n) is 5.46. The minimum absolute atomic E-state index is 0.430. The third kappa shape index (κ3) is 3.13. The predicted molar refractivity (Wildman–Crippen MR) is 76.8 cm³/mol. The van der Waals surface area contributed by atoms with Gasteiger partial charge in [-0.3, -0.25) is 0 Å². The highest BCUT2D eigenvalue weighted by molar-refractivity contribution is 9.10. The third-order valence-corrected chi connectivity index (χ3v) is 3.68. The van der Waals surface area contributed by atoms with E-state index in [0.717, 1.165) is 28.1 Å². The molecule has 0 fully saturated rings. The van der Waals surface area contributed by atoms with Crippen molar-refractivity contribution in [2.75, 3.05) is 17.3 Å². The molecular weight excluding hydrogens is 300 g/mol. The Morgan fingerprint density at radius 3 is 3.18 bits per heavy atom. The molecule has 0 aliphatic rings. The van der Waals surface area contributed by atoms with Crippen molar-refractivity contribution in [3.05, 3.63) is 22.9 Å². The molecular formula is C11H15BrN4S. The van der Waals surface area contributed by atoms with Gasteiger partial charge in [-0.05, 0) is 47.3 Å². The third-order valence-electron chi connectivity index (χ3n) is 2.48. The summed E-state index contributed by atoms with van der Waals surface area (Å²) in [7, 11) is 0. The minimum atomic E-state index is 0.430. The highest BCUT2D eigenvalue weighted by Gasteiger charge is 2.06. The molecule has 0 radical (unpaired) electrons. The molecule has 0 saturated heterocycles. The monoisotopic (exact) mass is 314 g/mol. The lowest BCUT2D eigenvalue weighted by Gasteiger charge is -2.13. The molecule has 92 valence electrons. The van der Waals surface area contributed by atoms with Crippen LogP contribution in [-0.2, 0) is 0 Å². The number of fused-ring (bicyclic) bond motifs is 1. The van der Waals surface area contributed by atoms with Crippen molar-refractivity contribution in [3.8, 4) is 0 Å². The summed E-state index contributed by atoms with van der Waals surface area (Å²) >= 11 is 5.30. The van der Waals surface area contributed by atoms with Crippen LogP contribution in [0.25, 0.3) is 5.65 Å². The van der Waals surface area contributed by atoms with E-state index in [-0.39, 0.29) is 0 Å². The fraction of sp³-hybridized carbons (Fsp3) is 0.455.